The van der Waals surface area contributed by atoms with E-state index in [0.717, 1.165) is 0 Å². The molecule has 0 aliphatic carbocycles. The van der Waals surface area contributed by atoms with Gasteiger partial charge >= 0.3 is 11.9 Å². The van der Waals surface area contributed by atoms with Crippen LogP contribution in [0.25, 0.3) is 0 Å². The Morgan fingerprint density at radius 3 is 2.84 bits per heavy atom. The number of carbonyl (C=O) groups is 2. The number of esters is 2. The topological polar surface area (TPSA) is 92.0 Å². The van der Waals surface area contributed by atoms with Gasteiger partial charge in [0.05, 0.1) is 32.0 Å². The van der Waals surface area contributed by atoms with Gasteiger partial charge in [0.15, 0.2) is 0 Å². The Morgan fingerprint density at radius 1 is 1.63 bits per heavy atom. The molecule has 0 aromatic heterocycles. The van der Waals surface area contributed by atoms with Crippen molar-refractivity contribution in [2.45, 2.75) is 19.9 Å². The summed E-state index contributed by atoms with van der Waals surface area (Å²) in [4.78, 5) is 28.8. The summed E-state index contributed by atoms with van der Waals surface area (Å²) in [5.41, 5.74) is 0.404. The van der Waals surface area contributed by atoms with Gasteiger partial charge in [-0.15, -0.1) is 0 Å². The molecule has 0 spiro atoms. The summed E-state index contributed by atoms with van der Waals surface area (Å²) in [6, 6.07) is 1.16. The molecule has 1 rings (SSSR count). The highest BCUT2D eigenvalue weighted by atomic mass is 16.5. The molecule has 0 radical (unpaired) electrons. The number of amidine groups is 1. The molecule has 0 aromatic rings. The lowest BCUT2D eigenvalue weighted by Gasteiger charge is -2.24. The summed E-state index contributed by atoms with van der Waals surface area (Å²) in [5.74, 6) is -1.10. The zero-order chi connectivity index (χ0) is 14.4. The minimum Gasteiger partial charge on any atom is -0.467 e. The van der Waals surface area contributed by atoms with E-state index < -0.39 is 18.0 Å². The maximum Gasteiger partial charge on any atom is 0.374 e. The van der Waals surface area contributed by atoms with E-state index in [2.05, 4.69) is 9.73 Å². The van der Waals surface area contributed by atoms with E-state index in [4.69, 9.17) is 10.00 Å². The van der Waals surface area contributed by atoms with E-state index in [0.29, 0.717) is 5.70 Å². The lowest BCUT2D eigenvalue weighted by molar-refractivity contribution is -0.144. The van der Waals surface area contributed by atoms with Crippen LogP contribution in [-0.2, 0) is 19.1 Å². The molecular formula is C12H15N3O4. The maximum absolute atomic E-state index is 11.8. The first-order chi connectivity index (χ1) is 9.04. The molecule has 102 valence electrons. The molecule has 1 atom stereocenters. The van der Waals surface area contributed by atoms with Crippen molar-refractivity contribution in [3.05, 3.63) is 11.8 Å². The summed E-state index contributed by atoms with van der Waals surface area (Å²) in [6.45, 7) is 3.66. The van der Waals surface area contributed by atoms with E-state index in [9.17, 15) is 9.59 Å². The number of nitriles is 1. The number of rotatable bonds is 4. The molecule has 1 aliphatic rings. The molecule has 0 aromatic carbocycles. The van der Waals surface area contributed by atoms with Crippen LogP contribution in [-0.4, -0.2) is 49.0 Å². The SMILES string of the molecule is CCOC(=O)C1=NC(=CC#N)CN1C(C)C(=O)OC. The van der Waals surface area contributed by atoms with Crippen molar-refractivity contribution in [3.8, 4) is 6.07 Å². The Labute approximate surface area is 111 Å². The fourth-order valence-corrected chi connectivity index (χ4v) is 1.61. The fourth-order valence-electron chi connectivity index (χ4n) is 1.61. The molecular weight excluding hydrogens is 250 g/mol. The molecule has 0 saturated carbocycles. The van der Waals surface area contributed by atoms with Crippen molar-refractivity contribution in [1.82, 2.24) is 4.90 Å². The number of hydrogen-bond donors (Lipinski definition) is 0. The Bertz CT molecular complexity index is 476. The van der Waals surface area contributed by atoms with Crippen LogP contribution in [0.3, 0.4) is 0 Å². The molecule has 0 saturated heterocycles. The quantitative estimate of drug-likeness (QED) is 0.534. The number of carbonyl (C=O) groups excluding carboxylic acids is 2. The minimum atomic E-state index is -0.683. The van der Waals surface area contributed by atoms with Crippen LogP contribution in [0, 0.1) is 11.3 Å². The number of hydrogen-bond acceptors (Lipinski definition) is 7. The first-order valence-corrected chi connectivity index (χ1v) is 5.74. The van der Waals surface area contributed by atoms with E-state index in [1.54, 1.807) is 13.8 Å². The molecule has 7 heteroatoms. The van der Waals surface area contributed by atoms with Crippen molar-refractivity contribution < 1.29 is 19.1 Å². The first-order valence-electron chi connectivity index (χ1n) is 5.74. The molecule has 1 unspecified atom stereocenters. The minimum absolute atomic E-state index is 0.0150. The second-order valence-corrected chi connectivity index (χ2v) is 3.75. The van der Waals surface area contributed by atoms with Crippen LogP contribution in [0.4, 0.5) is 0 Å². The van der Waals surface area contributed by atoms with Crippen molar-refractivity contribution in [3.63, 3.8) is 0 Å². The Kier molecular flexibility index (Phi) is 5.06. The molecule has 0 bridgehead atoms. The van der Waals surface area contributed by atoms with Crippen LogP contribution in [0.15, 0.2) is 16.8 Å². The van der Waals surface area contributed by atoms with E-state index in [-0.39, 0.29) is 19.0 Å². The Hall–Kier alpha value is -2.36. The van der Waals surface area contributed by atoms with Gasteiger partial charge < -0.3 is 14.4 Å². The van der Waals surface area contributed by atoms with Crippen molar-refractivity contribution >= 4 is 17.8 Å². The van der Waals surface area contributed by atoms with Gasteiger partial charge in [-0.1, -0.05) is 0 Å². The van der Waals surface area contributed by atoms with Crippen molar-refractivity contribution in [1.29, 1.82) is 5.26 Å². The largest absolute Gasteiger partial charge is 0.467 e. The summed E-state index contributed by atoms with van der Waals surface area (Å²) in [7, 11) is 1.27. The molecule has 19 heavy (non-hydrogen) atoms. The Balaban J connectivity index is 3.01. The van der Waals surface area contributed by atoms with E-state index in [1.165, 1.54) is 18.1 Å². The monoisotopic (exact) mass is 265 g/mol. The third-order valence-corrected chi connectivity index (χ3v) is 2.55. The second-order valence-electron chi connectivity index (χ2n) is 3.75. The number of methoxy groups -OCH3 is 1. The maximum atomic E-state index is 11.8. The Morgan fingerprint density at radius 2 is 2.32 bits per heavy atom. The smallest absolute Gasteiger partial charge is 0.374 e. The van der Waals surface area contributed by atoms with Gasteiger partial charge in [-0.05, 0) is 13.8 Å². The second kappa shape index (κ2) is 6.54. The van der Waals surface area contributed by atoms with Gasteiger partial charge in [0.2, 0.25) is 5.84 Å². The van der Waals surface area contributed by atoms with Crippen LogP contribution < -0.4 is 0 Å². The summed E-state index contributed by atoms with van der Waals surface area (Å²) in [6.07, 6.45) is 1.23. The molecule has 0 amide bonds. The number of allylic oxidation sites excluding steroid dienone is 1. The average Bonchev–Trinajstić information content (AvgIpc) is 2.81. The fraction of sp³-hybridized carbons (Fsp3) is 0.500. The molecule has 0 N–H and O–H groups in total. The van der Waals surface area contributed by atoms with Gasteiger partial charge in [-0.3, -0.25) is 0 Å². The zero-order valence-electron chi connectivity index (χ0n) is 11.0. The standard InChI is InChI=1S/C12H15N3O4/c1-4-19-12(17)10-14-9(5-6-13)7-15(10)8(2)11(16)18-3/h5,8H,4,7H2,1-3H3. The molecule has 1 heterocycles. The highest BCUT2D eigenvalue weighted by molar-refractivity contribution is 6.36. The first kappa shape index (κ1) is 14.7. The van der Waals surface area contributed by atoms with Gasteiger partial charge in [0, 0.05) is 6.08 Å². The third kappa shape index (κ3) is 3.31. The summed E-state index contributed by atoms with van der Waals surface area (Å²) < 4.78 is 9.51. The van der Waals surface area contributed by atoms with Crippen molar-refractivity contribution in [2.24, 2.45) is 4.99 Å². The molecule has 1 aliphatic heterocycles. The van der Waals surface area contributed by atoms with Crippen molar-refractivity contribution in [2.75, 3.05) is 20.3 Å². The molecule has 0 fully saturated rings. The summed E-state index contributed by atoms with van der Waals surface area (Å²) >= 11 is 0. The number of ether oxygens (including phenoxy) is 2. The third-order valence-electron chi connectivity index (χ3n) is 2.55. The predicted octanol–water partition coefficient (Wildman–Crippen LogP) is 0.233. The van der Waals surface area contributed by atoms with Crippen LogP contribution in [0.1, 0.15) is 13.8 Å². The van der Waals surface area contributed by atoms with Crippen LogP contribution in [0.2, 0.25) is 0 Å². The van der Waals surface area contributed by atoms with Gasteiger partial charge in [0.25, 0.3) is 0 Å². The highest BCUT2D eigenvalue weighted by Gasteiger charge is 2.34. The van der Waals surface area contributed by atoms with Crippen LogP contribution in [0.5, 0.6) is 0 Å². The molecule has 7 nitrogen and oxygen atoms in total. The normalized spacial score (nSPS) is 17.7. The van der Waals surface area contributed by atoms with Gasteiger partial charge in [-0.25, -0.2) is 14.6 Å². The highest BCUT2D eigenvalue weighted by Crippen LogP contribution is 2.17. The van der Waals surface area contributed by atoms with Gasteiger partial charge in [0.1, 0.15) is 6.04 Å². The summed E-state index contributed by atoms with van der Waals surface area (Å²) in [5, 5.41) is 8.61. The lowest BCUT2D eigenvalue weighted by Crippen LogP contribution is -2.45. The predicted molar refractivity (Wildman–Crippen MR) is 65.9 cm³/mol. The zero-order valence-corrected chi connectivity index (χ0v) is 11.0. The van der Waals surface area contributed by atoms with Gasteiger partial charge in [-0.2, -0.15) is 5.26 Å². The number of nitrogens with zero attached hydrogens (tertiary/aromatic N) is 3. The lowest BCUT2D eigenvalue weighted by atomic mass is 10.2. The number of aliphatic imine (C=N–C) groups is 1. The van der Waals surface area contributed by atoms with E-state index in [1.807, 2.05) is 6.07 Å². The van der Waals surface area contributed by atoms with E-state index >= 15 is 0 Å². The average molecular weight is 265 g/mol. The van der Waals surface area contributed by atoms with Crippen LogP contribution >= 0.6 is 0 Å².